The SMILES string of the molecule is COc1cncc(-c2c(F)c(F)c(F)c(F)c2F)c1C=O. The second-order valence-electron chi connectivity index (χ2n) is 3.87. The number of nitrogens with zero attached hydrogens (tertiary/aromatic N) is 1. The van der Waals surface area contributed by atoms with Gasteiger partial charge in [0.25, 0.3) is 0 Å². The zero-order chi connectivity index (χ0) is 15.7. The standard InChI is InChI=1S/C13H6F5NO2/c1-21-7-3-19-2-5(6(7)4-20)8-9(14)11(16)13(18)12(17)10(8)15/h2-4H,1H3. The molecule has 0 amide bonds. The Labute approximate surface area is 115 Å². The zero-order valence-electron chi connectivity index (χ0n) is 10.4. The summed E-state index contributed by atoms with van der Waals surface area (Å²) < 4.78 is 71.6. The van der Waals surface area contributed by atoms with Crippen molar-refractivity contribution in [3.63, 3.8) is 0 Å². The van der Waals surface area contributed by atoms with Crippen LogP contribution in [0.5, 0.6) is 5.75 Å². The van der Waals surface area contributed by atoms with Crippen molar-refractivity contribution in [1.82, 2.24) is 4.98 Å². The van der Waals surface area contributed by atoms with Crippen molar-refractivity contribution in [1.29, 1.82) is 0 Å². The molecule has 110 valence electrons. The van der Waals surface area contributed by atoms with E-state index in [2.05, 4.69) is 4.98 Å². The van der Waals surface area contributed by atoms with E-state index in [0.717, 1.165) is 19.5 Å². The van der Waals surface area contributed by atoms with Gasteiger partial charge in [0.1, 0.15) is 5.75 Å². The lowest BCUT2D eigenvalue weighted by Crippen LogP contribution is -2.06. The van der Waals surface area contributed by atoms with Crippen molar-refractivity contribution < 1.29 is 31.5 Å². The van der Waals surface area contributed by atoms with Crippen LogP contribution in [0.3, 0.4) is 0 Å². The van der Waals surface area contributed by atoms with Gasteiger partial charge in [-0.15, -0.1) is 0 Å². The number of pyridine rings is 1. The zero-order valence-corrected chi connectivity index (χ0v) is 10.4. The van der Waals surface area contributed by atoms with Gasteiger partial charge in [-0.1, -0.05) is 0 Å². The first-order valence-corrected chi connectivity index (χ1v) is 5.43. The Balaban J connectivity index is 2.89. The molecular formula is C13H6F5NO2. The number of methoxy groups -OCH3 is 1. The summed E-state index contributed by atoms with van der Waals surface area (Å²) in [5.41, 5.74) is -2.17. The van der Waals surface area contributed by atoms with Gasteiger partial charge in [0.15, 0.2) is 29.6 Å². The Hall–Kier alpha value is -2.51. The highest BCUT2D eigenvalue weighted by atomic mass is 19.2. The van der Waals surface area contributed by atoms with E-state index in [-0.39, 0.29) is 17.6 Å². The van der Waals surface area contributed by atoms with Gasteiger partial charge in [-0.25, -0.2) is 22.0 Å². The number of hydrogen-bond donors (Lipinski definition) is 0. The molecule has 0 unspecified atom stereocenters. The number of aldehydes is 1. The summed E-state index contributed by atoms with van der Waals surface area (Å²) in [6.07, 6.45) is 2.05. The molecule has 0 bridgehead atoms. The first-order chi connectivity index (χ1) is 9.93. The highest BCUT2D eigenvalue weighted by molar-refractivity contribution is 5.90. The van der Waals surface area contributed by atoms with Gasteiger partial charge < -0.3 is 4.74 Å². The van der Waals surface area contributed by atoms with Gasteiger partial charge in [0, 0.05) is 11.8 Å². The molecule has 1 heterocycles. The summed E-state index contributed by atoms with van der Waals surface area (Å²) in [4.78, 5) is 14.6. The van der Waals surface area contributed by atoms with Crippen LogP contribution in [-0.4, -0.2) is 18.4 Å². The van der Waals surface area contributed by atoms with Gasteiger partial charge in [-0.2, -0.15) is 0 Å². The highest BCUT2D eigenvalue weighted by Crippen LogP contribution is 2.35. The maximum Gasteiger partial charge on any atom is 0.200 e. The Morgan fingerprint density at radius 3 is 1.95 bits per heavy atom. The van der Waals surface area contributed by atoms with E-state index >= 15 is 0 Å². The van der Waals surface area contributed by atoms with Crippen LogP contribution in [-0.2, 0) is 0 Å². The molecule has 0 fully saturated rings. The maximum absolute atomic E-state index is 13.7. The summed E-state index contributed by atoms with van der Waals surface area (Å²) in [5, 5.41) is 0. The molecule has 0 aliphatic heterocycles. The van der Waals surface area contributed by atoms with Crippen molar-refractivity contribution >= 4 is 6.29 Å². The third-order valence-electron chi connectivity index (χ3n) is 2.77. The summed E-state index contributed by atoms with van der Waals surface area (Å²) in [7, 11) is 1.16. The fraction of sp³-hybridized carbons (Fsp3) is 0.0769. The Bertz CT molecular complexity index is 704. The van der Waals surface area contributed by atoms with Crippen LogP contribution in [0.4, 0.5) is 22.0 Å². The molecule has 0 saturated heterocycles. The van der Waals surface area contributed by atoms with Gasteiger partial charge in [0.2, 0.25) is 5.82 Å². The van der Waals surface area contributed by atoms with Crippen molar-refractivity contribution in [2.75, 3.05) is 7.11 Å². The van der Waals surface area contributed by atoms with Crippen LogP contribution in [0.15, 0.2) is 12.4 Å². The number of hydrogen-bond acceptors (Lipinski definition) is 3. The van der Waals surface area contributed by atoms with Crippen molar-refractivity contribution in [3.05, 3.63) is 47.0 Å². The normalized spacial score (nSPS) is 10.6. The smallest absolute Gasteiger partial charge is 0.200 e. The minimum atomic E-state index is -2.28. The molecular weight excluding hydrogens is 297 g/mol. The number of carbonyl (C=O) groups excluding carboxylic acids is 1. The summed E-state index contributed by atoms with van der Waals surface area (Å²) in [6, 6.07) is 0. The molecule has 0 spiro atoms. The van der Waals surface area contributed by atoms with Gasteiger partial charge in [-0.3, -0.25) is 9.78 Å². The molecule has 8 heteroatoms. The number of rotatable bonds is 3. The van der Waals surface area contributed by atoms with Crippen LogP contribution < -0.4 is 4.74 Å². The van der Waals surface area contributed by atoms with Crippen molar-refractivity contribution in [3.8, 4) is 16.9 Å². The molecule has 21 heavy (non-hydrogen) atoms. The molecule has 3 nitrogen and oxygen atoms in total. The van der Waals surface area contributed by atoms with E-state index < -0.39 is 40.2 Å². The third kappa shape index (κ3) is 2.22. The van der Waals surface area contributed by atoms with Crippen molar-refractivity contribution in [2.24, 2.45) is 0 Å². The molecule has 2 aromatic rings. The van der Waals surface area contributed by atoms with Crippen LogP contribution in [0.2, 0.25) is 0 Å². The second-order valence-corrected chi connectivity index (χ2v) is 3.87. The molecule has 1 aromatic heterocycles. The molecule has 0 aliphatic carbocycles. The topological polar surface area (TPSA) is 39.2 Å². The largest absolute Gasteiger partial charge is 0.494 e. The third-order valence-corrected chi connectivity index (χ3v) is 2.77. The lowest BCUT2D eigenvalue weighted by Gasteiger charge is -2.12. The monoisotopic (exact) mass is 303 g/mol. The van der Waals surface area contributed by atoms with Crippen LogP contribution in [0, 0.1) is 29.1 Å². The fourth-order valence-corrected chi connectivity index (χ4v) is 1.78. The van der Waals surface area contributed by atoms with Crippen LogP contribution in [0.25, 0.3) is 11.1 Å². The van der Waals surface area contributed by atoms with Crippen LogP contribution >= 0.6 is 0 Å². The summed E-state index contributed by atoms with van der Waals surface area (Å²) in [5.74, 6) is -10.8. The Morgan fingerprint density at radius 2 is 1.48 bits per heavy atom. The fourth-order valence-electron chi connectivity index (χ4n) is 1.78. The molecule has 0 radical (unpaired) electrons. The lowest BCUT2D eigenvalue weighted by atomic mass is 10.00. The minimum Gasteiger partial charge on any atom is -0.494 e. The Morgan fingerprint density at radius 1 is 0.952 bits per heavy atom. The van der Waals surface area contributed by atoms with E-state index in [1.165, 1.54) is 0 Å². The molecule has 0 saturated carbocycles. The first kappa shape index (κ1) is 14.9. The summed E-state index contributed by atoms with van der Waals surface area (Å²) >= 11 is 0. The van der Waals surface area contributed by atoms with Crippen LogP contribution in [0.1, 0.15) is 10.4 Å². The lowest BCUT2D eigenvalue weighted by molar-refractivity contribution is 0.112. The van der Waals surface area contributed by atoms with Gasteiger partial charge in [-0.05, 0) is 0 Å². The predicted octanol–water partition coefficient (Wildman–Crippen LogP) is 3.27. The number of benzene rings is 1. The number of ether oxygens (including phenoxy) is 1. The van der Waals surface area contributed by atoms with Gasteiger partial charge in [0.05, 0.1) is 24.4 Å². The molecule has 0 aliphatic rings. The van der Waals surface area contributed by atoms with E-state index in [1.54, 1.807) is 0 Å². The Kier molecular flexibility index (Phi) is 3.88. The average molecular weight is 303 g/mol. The highest BCUT2D eigenvalue weighted by Gasteiger charge is 2.28. The second kappa shape index (κ2) is 5.47. The maximum atomic E-state index is 13.7. The predicted molar refractivity (Wildman–Crippen MR) is 61.4 cm³/mol. The number of carbonyl (C=O) groups is 1. The van der Waals surface area contributed by atoms with E-state index in [1.807, 2.05) is 0 Å². The average Bonchev–Trinajstić information content (AvgIpc) is 2.50. The number of halogens is 5. The molecule has 0 N–H and O–H groups in total. The van der Waals surface area contributed by atoms with E-state index in [4.69, 9.17) is 4.74 Å². The van der Waals surface area contributed by atoms with Gasteiger partial charge >= 0.3 is 0 Å². The van der Waals surface area contributed by atoms with E-state index in [0.29, 0.717) is 0 Å². The quantitative estimate of drug-likeness (QED) is 0.378. The molecule has 1 aromatic carbocycles. The van der Waals surface area contributed by atoms with E-state index in [9.17, 15) is 26.7 Å². The first-order valence-electron chi connectivity index (χ1n) is 5.43. The van der Waals surface area contributed by atoms with Crippen molar-refractivity contribution in [2.45, 2.75) is 0 Å². The molecule has 0 atom stereocenters. The number of aromatic nitrogens is 1. The summed E-state index contributed by atoms with van der Waals surface area (Å²) in [6.45, 7) is 0. The minimum absolute atomic E-state index is 0.161. The molecule has 2 rings (SSSR count).